The molecule has 12 nitrogen and oxygen atoms in total. The van der Waals surface area contributed by atoms with Crippen LogP contribution in [0.5, 0.6) is 0 Å². The van der Waals surface area contributed by atoms with Crippen LogP contribution in [0.1, 0.15) is 20.7 Å². The molecule has 0 aliphatic rings. The average molecular weight is 600 g/mol. The predicted octanol–water partition coefficient (Wildman–Crippen LogP) is 1.45. The monoisotopic (exact) mass is 599 g/mol. The van der Waals surface area contributed by atoms with Gasteiger partial charge in [-0.05, 0) is 45.8 Å². The Hall–Kier alpha value is -5.33. The third-order valence-electron chi connectivity index (χ3n) is 7.19. The fourth-order valence-corrected chi connectivity index (χ4v) is 4.81. The van der Waals surface area contributed by atoms with Crippen LogP contribution >= 0.6 is 0 Å². The van der Waals surface area contributed by atoms with Gasteiger partial charge in [0.15, 0.2) is 0 Å². The molecule has 226 valence electrons. The minimum atomic E-state index is -1.32. The number of aliphatic hydroxyl groups excluding tert-OH is 2. The summed E-state index contributed by atoms with van der Waals surface area (Å²) in [5.41, 5.74) is -2.72. The minimum absolute atomic E-state index is 0.200. The van der Waals surface area contributed by atoms with Gasteiger partial charge in [-0.1, -0.05) is 60.7 Å². The standard InChI is InChI=1S/C32H29N3O9/c1-33-30(40)34(16-26(18-36)43-28(38)24-12-10-20-6-2-4-8-22(20)14-24)32(42)35(31(33)41)17-27(19-37)44-29(39)25-13-11-21-7-3-5-9-23(21)15-25/h2-15,26-27,36-37H,16-19H2,1H3. The van der Waals surface area contributed by atoms with Crippen molar-refractivity contribution in [2.75, 3.05) is 13.2 Å². The molecule has 2 unspecified atom stereocenters. The van der Waals surface area contributed by atoms with E-state index in [1.54, 1.807) is 36.4 Å². The number of hydrogen-bond acceptors (Lipinski definition) is 9. The molecule has 0 saturated heterocycles. The fraction of sp³-hybridized carbons (Fsp3) is 0.219. The second-order valence-electron chi connectivity index (χ2n) is 10.2. The molecule has 12 heteroatoms. The molecule has 0 bridgehead atoms. The van der Waals surface area contributed by atoms with Gasteiger partial charge < -0.3 is 19.7 Å². The first kappa shape index (κ1) is 30.1. The number of ether oxygens (including phenoxy) is 2. The summed E-state index contributed by atoms with van der Waals surface area (Å²) in [6.07, 6.45) is -2.63. The third-order valence-corrected chi connectivity index (χ3v) is 7.19. The molecule has 2 N–H and O–H groups in total. The Balaban J connectivity index is 1.36. The maximum absolute atomic E-state index is 13.3. The van der Waals surface area contributed by atoms with Crippen molar-refractivity contribution in [1.82, 2.24) is 13.7 Å². The van der Waals surface area contributed by atoms with Crippen LogP contribution in [0.4, 0.5) is 0 Å². The lowest BCUT2D eigenvalue weighted by Gasteiger charge is -2.20. The zero-order valence-electron chi connectivity index (χ0n) is 23.7. The summed E-state index contributed by atoms with van der Waals surface area (Å²) in [5, 5.41) is 23.2. The van der Waals surface area contributed by atoms with E-state index < -0.39 is 67.5 Å². The van der Waals surface area contributed by atoms with E-state index in [-0.39, 0.29) is 11.1 Å². The molecule has 0 fully saturated rings. The summed E-state index contributed by atoms with van der Waals surface area (Å²) < 4.78 is 12.7. The van der Waals surface area contributed by atoms with Crippen molar-refractivity contribution in [3.8, 4) is 0 Å². The molecule has 0 aliphatic heterocycles. The lowest BCUT2D eigenvalue weighted by atomic mass is 10.1. The Kier molecular flexibility index (Phi) is 8.83. The average Bonchev–Trinajstić information content (AvgIpc) is 3.05. The summed E-state index contributed by atoms with van der Waals surface area (Å²) in [7, 11) is 1.14. The highest BCUT2D eigenvalue weighted by atomic mass is 16.6. The molecular formula is C32H29N3O9. The Labute approximate surface area is 249 Å². The zero-order valence-corrected chi connectivity index (χ0v) is 23.7. The lowest BCUT2D eigenvalue weighted by molar-refractivity contribution is 0.00554. The predicted molar refractivity (Wildman–Crippen MR) is 161 cm³/mol. The van der Waals surface area contributed by atoms with Crippen LogP contribution in [0.2, 0.25) is 0 Å². The van der Waals surface area contributed by atoms with Gasteiger partial charge >= 0.3 is 29.0 Å². The van der Waals surface area contributed by atoms with Gasteiger partial charge in [0.1, 0.15) is 12.2 Å². The molecule has 5 rings (SSSR count). The summed E-state index contributed by atoms with van der Waals surface area (Å²) in [4.78, 5) is 64.8. The highest BCUT2D eigenvalue weighted by molar-refractivity contribution is 5.96. The second kappa shape index (κ2) is 12.9. The molecule has 1 aromatic heterocycles. The van der Waals surface area contributed by atoms with Crippen molar-refractivity contribution in [2.24, 2.45) is 7.05 Å². The summed E-state index contributed by atoms with van der Waals surface area (Å²) in [6, 6.07) is 24.6. The van der Waals surface area contributed by atoms with E-state index in [2.05, 4.69) is 0 Å². The van der Waals surface area contributed by atoms with E-state index in [1.807, 2.05) is 48.5 Å². The maximum Gasteiger partial charge on any atom is 0.338 e. The molecule has 1 heterocycles. The largest absolute Gasteiger partial charge is 0.454 e. The highest BCUT2D eigenvalue weighted by Crippen LogP contribution is 2.18. The lowest BCUT2D eigenvalue weighted by Crippen LogP contribution is -2.56. The number of fused-ring (bicyclic) bond motifs is 2. The Morgan fingerprint density at radius 3 is 1.39 bits per heavy atom. The number of hydrogen-bond donors (Lipinski definition) is 2. The molecule has 0 spiro atoms. The number of aliphatic hydroxyl groups is 2. The maximum atomic E-state index is 13.3. The molecular weight excluding hydrogens is 570 g/mol. The fourth-order valence-electron chi connectivity index (χ4n) is 4.81. The van der Waals surface area contributed by atoms with Crippen LogP contribution in [-0.2, 0) is 29.6 Å². The van der Waals surface area contributed by atoms with Crippen molar-refractivity contribution in [2.45, 2.75) is 25.3 Å². The third kappa shape index (κ3) is 6.21. The first-order valence-electron chi connectivity index (χ1n) is 13.7. The molecule has 2 atom stereocenters. The van der Waals surface area contributed by atoms with Gasteiger partial charge in [-0.2, -0.15) is 0 Å². The number of carbonyl (C=O) groups is 2. The van der Waals surface area contributed by atoms with E-state index >= 15 is 0 Å². The van der Waals surface area contributed by atoms with Crippen LogP contribution < -0.4 is 17.1 Å². The summed E-state index contributed by atoms with van der Waals surface area (Å²) in [6.45, 7) is -2.59. The molecule has 0 radical (unpaired) electrons. The number of esters is 2. The normalized spacial score (nSPS) is 12.6. The molecule has 0 saturated carbocycles. The van der Waals surface area contributed by atoms with Gasteiger partial charge in [-0.25, -0.2) is 37.7 Å². The number of aromatic nitrogens is 3. The van der Waals surface area contributed by atoms with Crippen LogP contribution in [0, 0.1) is 0 Å². The summed E-state index contributed by atoms with van der Waals surface area (Å²) in [5.74, 6) is -1.57. The topological polar surface area (TPSA) is 159 Å². The van der Waals surface area contributed by atoms with E-state index in [0.29, 0.717) is 13.7 Å². The van der Waals surface area contributed by atoms with Gasteiger partial charge in [-0.15, -0.1) is 0 Å². The molecule has 0 amide bonds. The first-order valence-corrected chi connectivity index (χ1v) is 13.7. The van der Waals surface area contributed by atoms with E-state index in [1.165, 1.54) is 0 Å². The SMILES string of the molecule is Cn1c(=O)n(CC(CO)OC(=O)c2ccc3ccccc3c2)c(=O)n(CC(CO)OC(=O)c2ccc3ccccc3c2)c1=O. The van der Waals surface area contributed by atoms with Gasteiger partial charge in [0.25, 0.3) is 0 Å². The van der Waals surface area contributed by atoms with Crippen molar-refractivity contribution in [1.29, 1.82) is 0 Å². The molecule has 44 heavy (non-hydrogen) atoms. The Morgan fingerprint density at radius 2 is 1.00 bits per heavy atom. The van der Waals surface area contributed by atoms with Gasteiger partial charge in [0, 0.05) is 7.05 Å². The van der Waals surface area contributed by atoms with Gasteiger partial charge in [0.2, 0.25) is 0 Å². The zero-order chi connectivity index (χ0) is 31.4. The van der Waals surface area contributed by atoms with Gasteiger partial charge in [-0.3, -0.25) is 0 Å². The van der Waals surface area contributed by atoms with E-state index in [4.69, 9.17) is 9.47 Å². The molecule has 4 aromatic carbocycles. The summed E-state index contributed by atoms with van der Waals surface area (Å²) >= 11 is 0. The Bertz CT molecular complexity index is 1900. The smallest absolute Gasteiger partial charge is 0.338 e. The van der Waals surface area contributed by atoms with E-state index in [9.17, 15) is 34.2 Å². The quantitative estimate of drug-likeness (QED) is 0.227. The highest BCUT2D eigenvalue weighted by Gasteiger charge is 2.24. The number of benzene rings is 4. The molecule has 0 aliphatic carbocycles. The van der Waals surface area contributed by atoms with Gasteiger partial charge in [0.05, 0.1) is 37.4 Å². The number of rotatable bonds is 10. The van der Waals surface area contributed by atoms with E-state index in [0.717, 1.165) is 28.6 Å². The van der Waals surface area contributed by atoms with Crippen LogP contribution in [0.25, 0.3) is 21.5 Å². The van der Waals surface area contributed by atoms with Crippen molar-refractivity contribution in [3.05, 3.63) is 128 Å². The Morgan fingerprint density at radius 1 is 0.614 bits per heavy atom. The minimum Gasteiger partial charge on any atom is -0.454 e. The molecule has 5 aromatic rings. The first-order chi connectivity index (χ1) is 21.2. The van der Waals surface area contributed by atoms with Crippen LogP contribution in [0.15, 0.2) is 99.3 Å². The van der Waals surface area contributed by atoms with Crippen molar-refractivity contribution in [3.63, 3.8) is 0 Å². The second-order valence-corrected chi connectivity index (χ2v) is 10.2. The van der Waals surface area contributed by atoms with Crippen LogP contribution in [0.3, 0.4) is 0 Å². The number of carbonyl (C=O) groups excluding carboxylic acids is 2. The van der Waals surface area contributed by atoms with Crippen molar-refractivity contribution >= 4 is 33.5 Å². The van der Waals surface area contributed by atoms with Crippen LogP contribution in [-0.4, -0.2) is 61.3 Å². The van der Waals surface area contributed by atoms with Crippen molar-refractivity contribution < 1.29 is 29.3 Å². The number of nitrogens with zero attached hydrogens (tertiary/aromatic N) is 3.